The Labute approximate surface area is 94.7 Å². The zero-order chi connectivity index (χ0) is 11.7. The van der Waals surface area contributed by atoms with Crippen LogP contribution in [0.15, 0.2) is 36.4 Å². The van der Waals surface area contributed by atoms with Crippen LogP contribution >= 0.6 is 0 Å². The number of halogens is 1. The molecular formula is C14H14FN. The fourth-order valence-electron chi connectivity index (χ4n) is 1.85. The predicted molar refractivity (Wildman–Crippen MR) is 65.7 cm³/mol. The molecule has 0 radical (unpaired) electrons. The summed E-state index contributed by atoms with van der Waals surface area (Å²) in [5, 5.41) is 0. The lowest BCUT2D eigenvalue weighted by Gasteiger charge is -2.10. The van der Waals surface area contributed by atoms with Gasteiger partial charge in [0.1, 0.15) is 5.82 Å². The smallest absolute Gasteiger partial charge is 0.146 e. The van der Waals surface area contributed by atoms with Gasteiger partial charge in [-0.15, -0.1) is 0 Å². The summed E-state index contributed by atoms with van der Waals surface area (Å²) in [5.41, 5.74) is 9.97. The number of hydrogen-bond donors (Lipinski definition) is 1. The molecule has 0 saturated heterocycles. The van der Waals surface area contributed by atoms with Gasteiger partial charge in [0.05, 0.1) is 5.69 Å². The number of nitrogens with two attached hydrogens (primary N) is 1. The molecule has 0 amide bonds. The summed E-state index contributed by atoms with van der Waals surface area (Å²) < 4.78 is 13.3. The number of nitrogen functional groups attached to an aromatic ring is 1. The van der Waals surface area contributed by atoms with E-state index in [9.17, 15) is 4.39 Å². The van der Waals surface area contributed by atoms with Gasteiger partial charge in [0.25, 0.3) is 0 Å². The monoisotopic (exact) mass is 215 g/mol. The maximum atomic E-state index is 13.3. The highest BCUT2D eigenvalue weighted by atomic mass is 19.1. The Morgan fingerprint density at radius 3 is 2.31 bits per heavy atom. The summed E-state index contributed by atoms with van der Waals surface area (Å²) in [6.07, 6.45) is 0. The molecule has 1 nitrogen and oxygen atoms in total. The molecule has 0 saturated carbocycles. The quantitative estimate of drug-likeness (QED) is 0.721. The Morgan fingerprint density at radius 1 is 0.938 bits per heavy atom. The Morgan fingerprint density at radius 2 is 1.62 bits per heavy atom. The van der Waals surface area contributed by atoms with E-state index in [1.165, 1.54) is 6.07 Å². The third-order valence-corrected chi connectivity index (χ3v) is 2.78. The molecule has 0 fully saturated rings. The number of benzene rings is 2. The second-order valence-electron chi connectivity index (χ2n) is 4.00. The summed E-state index contributed by atoms with van der Waals surface area (Å²) in [7, 11) is 0. The Balaban J connectivity index is 2.65. The second kappa shape index (κ2) is 3.97. The summed E-state index contributed by atoms with van der Waals surface area (Å²) in [5.74, 6) is -0.352. The number of aryl methyl sites for hydroxylation is 2. The molecule has 0 aliphatic carbocycles. The molecule has 2 aromatic rings. The van der Waals surface area contributed by atoms with Crippen molar-refractivity contribution in [3.8, 4) is 11.1 Å². The van der Waals surface area contributed by atoms with Crippen LogP contribution in [0, 0.1) is 19.7 Å². The number of rotatable bonds is 1. The van der Waals surface area contributed by atoms with Gasteiger partial charge in [-0.25, -0.2) is 4.39 Å². The molecule has 0 bridgehead atoms. The SMILES string of the molecule is Cc1ccccc1-c1cc(N)c(F)cc1C. The van der Waals surface area contributed by atoms with E-state index in [4.69, 9.17) is 5.73 Å². The van der Waals surface area contributed by atoms with E-state index in [-0.39, 0.29) is 11.5 Å². The first-order chi connectivity index (χ1) is 7.59. The first kappa shape index (κ1) is 10.7. The summed E-state index contributed by atoms with van der Waals surface area (Å²) in [4.78, 5) is 0. The Bertz CT molecular complexity index is 532. The molecule has 0 heterocycles. The minimum Gasteiger partial charge on any atom is -0.396 e. The van der Waals surface area contributed by atoms with Gasteiger partial charge in [-0.2, -0.15) is 0 Å². The Kier molecular flexibility index (Phi) is 2.65. The molecule has 0 aliphatic heterocycles. The van der Waals surface area contributed by atoms with Crippen LogP contribution in [-0.4, -0.2) is 0 Å². The van der Waals surface area contributed by atoms with Crippen molar-refractivity contribution in [1.29, 1.82) is 0 Å². The zero-order valence-electron chi connectivity index (χ0n) is 9.42. The van der Waals surface area contributed by atoms with Crippen molar-refractivity contribution in [1.82, 2.24) is 0 Å². The summed E-state index contributed by atoms with van der Waals surface area (Å²) in [6.45, 7) is 3.93. The van der Waals surface area contributed by atoms with Crippen LogP contribution < -0.4 is 5.73 Å². The van der Waals surface area contributed by atoms with Crippen LogP contribution in [0.5, 0.6) is 0 Å². The normalized spacial score (nSPS) is 10.4. The van der Waals surface area contributed by atoms with Gasteiger partial charge >= 0.3 is 0 Å². The minimum absolute atomic E-state index is 0.198. The molecule has 2 rings (SSSR count). The van der Waals surface area contributed by atoms with E-state index in [1.807, 2.05) is 38.1 Å². The van der Waals surface area contributed by atoms with Gasteiger partial charge in [0.2, 0.25) is 0 Å². The van der Waals surface area contributed by atoms with Crippen LogP contribution in [-0.2, 0) is 0 Å². The predicted octanol–water partition coefficient (Wildman–Crippen LogP) is 3.69. The molecule has 82 valence electrons. The third kappa shape index (κ3) is 1.78. The molecule has 0 aromatic heterocycles. The van der Waals surface area contributed by atoms with Crippen molar-refractivity contribution in [3.63, 3.8) is 0 Å². The van der Waals surface area contributed by atoms with Crippen molar-refractivity contribution in [2.45, 2.75) is 13.8 Å². The van der Waals surface area contributed by atoms with Crippen molar-refractivity contribution >= 4 is 5.69 Å². The molecule has 0 unspecified atom stereocenters. The summed E-state index contributed by atoms with van der Waals surface area (Å²) >= 11 is 0. The molecule has 16 heavy (non-hydrogen) atoms. The van der Waals surface area contributed by atoms with Crippen LogP contribution in [0.1, 0.15) is 11.1 Å². The van der Waals surface area contributed by atoms with Crippen LogP contribution in [0.3, 0.4) is 0 Å². The topological polar surface area (TPSA) is 26.0 Å². The zero-order valence-corrected chi connectivity index (χ0v) is 9.42. The number of hydrogen-bond acceptors (Lipinski definition) is 1. The van der Waals surface area contributed by atoms with Crippen molar-refractivity contribution in [3.05, 3.63) is 53.3 Å². The molecule has 0 spiro atoms. The van der Waals surface area contributed by atoms with Gasteiger partial charge in [-0.1, -0.05) is 24.3 Å². The van der Waals surface area contributed by atoms with Crippen molar-refractivity contribution in [2.75, 3.05) is 5.73 Å². The molecule has 2 aromatic carbocycles. The van der Waals surface area contributed by atoms with E-state index >= 15 is 0 Å². The van der Waals surface area contributed by atoms with E-state index in [0.717, 1.165) is 22.3 Å². The standard InChI is InChI=1S/C14H14FN/c1-9-5-3-4-6-11(9)12-8-14(16)13(15)7-10(12)2/h3-8H,16H2,1-2H3. The van der Waals surface area contributed by atoms with Crippen LogP contribution in [0.2, 0.25) is 0 Å². The van der Waals surface area contributed by atoms with Crippen LogP contribution in [0.4, 0.5) is 10.1 Å². The van der Waals surface area contributed by atoms with Gasteiger partial charge in [-0.05, 0) is 48.2 Å². The highest BCUT2D eigenvalue weighted by Crippen LogP contribution is 2.29. The minimum atomic E-state index is -0.352. The lowest BCUT2D eigenvalue weighted by molar-refractivity contribution is 0.631. The average molecular weight is 215 g/mol. The summed E-state index contributed by atoms with van der Waals surface area (Å²) in [6, 6.07) is 11.2. The van der Waals surface area contributed by atoms with Gasteiger partial charge < -0.3 is 5.73 Å². The lowest BCUT2D eigenvalue weighted by atomic mass is 9.96. The highest BCUT2D eigenvalue weighted by molar-refractivity contribution is 5.73. The second-order valence-corrected chi connectivity index (χ2v) is 4.00. The van der Waals surface area contributed by atoms with Gasteiger partial charge in [0, 0.05) is 0 Å². The molecule has 0 atom stereocenters. The maximum Gasteiger partial charge on any atom is 0.146 e. The average Bonchev–Trinajstić information content (AvgIpc) is 2.25. The van der Waals surface area contributed by atoms with Gasteiger partial charge in [0.15, 0.2) is 0 Å². The molecule has 2 heteroatoms. The van der Waals surface area contributed by atoms with Crippen molar-refractivity contribution < 1.29 is 4.39 Å². The first-order valence-electron chi connectivity index (χ1n) is 5.21. The van der Waals surface area contributed by atoms with E-state index in [2.05, 4.69) is 0 Å². The fraction of sp³-hybridized carbons (Fsp3) is 0.143. The van der Waals surface area contributed by atoms with Crippen LogP contribution in [0.25, 0.3) is 11.1 Å². The van der Waals surface area contributed by atoms with Crippen molar-refractivity contribution in [2.24, 2.45) is 0 Å². The third-order valence-electron chi connectivity index (χ3n) is 2.78. The highest BCUT2D eigenvalue weighted by Gasteiger charge is 2.08. The first-order valence-corrected chi connectivity index (χ1v) is 5.21. The van der Waals surface area contributed by atoms with E-state index in [0.29, 0.717) is 0 Å². The van der Waals surface area contributed by atoms with E-state index in [1.54, 1.807) is 6.07 Å². The largest absolute Gasteiger partial charge is 0.396 e. The number of anilines is 1. The lowest BCUT2D eigenvalue weighted by Crippen LogP contribution is -1.94. The molecule has 0 aliphatic rings. The molecular weight excluding hydrogens is 201 g/mol. The Hall–Kier alpha value is -1.83. The maximum absolute atomic E-state index is 13.3. The molecule has 2 N–H and O–H groups in total. The van der Waals surface area contributed by atoms with Gasteiger partial charge in [-0.3, -0.25) is 0 Å². The fourth-order valence-corrected chi connectivity index (χ4v) is 1.85. The van der Waals surface area contributed by atoms with E-state index < -0.39 is 0 Å².